The van der Waals surface area contributed by atoms with Crippen LogP contribution in [-0.2, 0) is 0 Å². The lowest BCUT2D eigenvalue weighted by Gasteiger charge is -2.10. The Morgan fingerprint density at radius 2 is 1.83 bits per heavy atom. The van der Waals surface area contributed by atoms with Crippen LogP contribution in [-0.4, -0.2) is 36.5 Å². The van der Waals surface area contributed by atoms with Crippen LogP contribution in [0.4, 0.5) is 10.5 Å². The Hall–Kier alpha value is -3.03. The highest BCUT2D eigenvalue weighted by Crippen LogP contribution is 2.25. The molecule has 0 aliphatic heterocycles. The van der Waals surface area contributed by atoms with Crippen LogP contribution in [0.15, 0.2) is 54.6 Å². The minimum atomic E-state index is -0.404. The zero-order chi connectivity index (χ0) is 20.6. The van der Waals surface area contributed by atoms with Crippen molar-refractivity contribution in [3.05, 3.63) is 64.6 Å². The maximum Gasteiger partial charge on any atom is 0.319 e. The summed E-state index contributed by atoms with van der Waals surface area (Å²) in [7, 11) is 1.62. The summed E-state index contributed by atoms with van der Waals surface area (Å²) in [6.07, 6.45) is 0. The molecule has 0 atom stereocenters. The number of carbonyl (C=O) groups excluding carboxylic acids is 1. The van der Waals surface area contributed by atoms with Crippen LogP contribution in [0.1, 0.15) is 0 Å². The summed E-state index contributed by atoms with van der Waals surface area (Å²) in [5.74, 6) is 1.14. The van der Waals surface area contributed by atoms with Gasteiger partial charge in [-0.3, -0.25) is 0 Å². The lowest BCUT2D eigenvalue weighted by molar-refractivity contribution is 0.246. The number of urea groups is 1. The molecule has 2 amide bonds. The lowest BCUT2D eigenvalue weighted by Crippen LogP contribution is -2.32. The minimum absolute atomic E-state index is 0.234. The Kier molecular flexibility index (Phi) is 7.10. The molecular weight excluding hydrogens is 415 g/mol. The van der Waals surface area contributed by atoms with E-state index in [2.05, 4.69) is 20.8 Å². The number of carbonyl (C=O) groups is 1. The predicted molar refractivity (Wildman–Crippen MR) is 113 cm³/mol. The zero-order valence-electron chi connectivity index (χ0n) is 15.5. The van der Waals surface area contributed by atoms with E-state index >= 15 is 0 Å². The molecule has 0 fully saturated rings. The quantitative estimate of drug-likeness (QED) is 0.530. The molecule has 2 N–H and O–H groups in total. The summed E-state index contributed by atoms with van der Waals surface area (Å²) in [5, 5.41) is 14.3. The van der Waals surface area contributed by atoms with Gasteiger partial charge in [-0.2, -0.15) is 0 Å². The van der Waals surface area contributed by atoms with Crippen LogP contribution in [0.5, 0.6) is 11.6 Å². The van der Waals surface area contributed by atoms with Crippen LogP contribution < -0.4 is 20.1 Å². The number of nitrogens with one attached hydrogen (secondary N) is 2. The number of hydrogen-bond donors (Lipinski definition) is 2. The third-order valence-corrected chi connectivity index (χ3v) is 4.39. The molecule has 0 unspecified atom stereocenters. The van der Waals surface area contributed by atoms with E-state index in [-0.39, 0.29) is 13.2 Å². The minimum Gasteiger partial charge on any atom is -0.497 e. The smallest absolute Gasteiger partial charge is 0.319 e. The van der Waals surface area contributed by atoms with E-state index in [1.165, 1.54) is 0 Å². The predicted octanol–water partition coefficient (Wildman–Crippen LogP) is 4.66. The van der Waals surface area contributed by atoms with Gasteiger partial charge in [0.1, 0.15) is 12.4 Å². The Labute approximate surface area is 178 Å². The van der Waals surface area contributed by atoms with E-state index in [1.54, 1.807) is 31.4 Å². The number of amides is 2. The number of benzene rings is 2. The van der Waals surface area contributed by atoms with Gasteiger partial charge in [-0.15, -0.1) is 10.2 Å². The highest BCUT2D eigenvalue weighted by atomic mass is 35.5. The van der Waals surface area contributed by atoms with Crippen molar-refractivity contribution in [2.75, 3.05) is 25.6 Å². The van der Waals surface area contributed by atoms with E-state index in [9.17, 15) is 4.79 Å². The molecule has 0 aliphatic rings. The fraction of sp³-hybridized carbons (Fsp3) is 0.150. The number of hydrogen-bond acceptors (Lipinski definition) is 5. The second kappa shape index (κ2) is 9.95. The molecular formula is C20H18Cl2N4O3. The Morgan fingerprint density at radius 3 is 2.48 bits per heavy atom. The maximum atomic E-state index is 11.9. The Balaban J connectivity index is 1.43. The Morgan fingerprint density at radius 1 is 1.03 bits per heavy atom. The monoisotopic (exact) mass is 432 g/mol. The van der Waals surface area contributed by atoms with Gasteiger partial charge in [0, 0.05) is 16.7 Å². The van der Waals surface area contributed by atoms with Gasteiger partial charge in [0.15, 0.2) is 0 Å². The van der Waals surface area contributed by atoms with Crippen LogP contribution in [0.2, 0.25) is 10.0 Å². The van der Waals surface area contributed by atoms with Gasteiger partial charge >= 0.3 is 6.03 Å². The number of ether oxygens (including phenoxy) is 2. The van der Waals surface area contributed by atoms with Crippen LogP contribution in [0, 0.1) is 0 Å². The third kappa shape index (κ3) is 5.97. The van der Waals surface area contributed by atoms with E-state index < -0.39 is 6.03 Å². The number of nitrogens with zero attached hydrogens (tertiary/aromatic N) is 2. The van der Waals surface area contributed by atoms with Crippen LogP contribution in [0.3, 0.4) is 0 Å². The van der Waals surface area contributed by atoms with E-state index in [0.717, 1.165) is 17.0 Å². The van der Waals surface area contributed by atoms with Crippen molar-refractivity contribution in [3.8, 4) is 22.9 Å². The van der Waals surface area contributed by atoms with Crippen molar-refractivity contribution in [3.63, 3.8) is 0 Å². The van der Waals surface area contributed by atoms with Gasteiger partial charge in [-0.1, -0.05) is 23.2 Å². The Bertz CT molecular complexity index is 966. The molecule has 1 aromatic heterocycles. The number of methoxy groups -OCH3 is 1. The van der Waals surface area contributed by atoms with Crippen molar-refractivity contribution in [1.29, 1.82) is 0 Å². The summed E-state index contributed by atoms with van der Waals surface area (Å²) in [6, 6.07) is 15.5. The maximum absolute atomic E-state index is 11.9. The van der Waals surface area contributed by atoms with E-state index in [1.807, 2.05) is 30.3 Å². The van der Waals surface area contributed by atoms with Crippen molar-refractivity contribution in [1.82, 2.24) is 15.5 Å². The summed E-state index contributed by atoms with van der Waals surface area (Å²) >= 11 is 11.8. The second-order valence-electron chi connectivity index (χ2n) is 5.84. The van der Waals surface area contributed by atoms with Gasteiger partial charge in [-0.25, -0.2) is 4.79 Å². The number of aromatic nitrogens is 2. The zero-order valence-corrected chi connectivity index (χ0v) is 17.0. The van der Waals surface area contributed by atoms with Crippen molar-refractivity contribution >= 4 is 34.9 Å². The number of halogens is 2. The molecule has 0 bridgehead atoms. The fourth-order valence-corrected chi connectivity index (χ4v) is 2.85. The van der Waals surface area contributed by atoms with Crippen LogP contribution in [0.25, 0.3) is 11.3 Å². The first kappa shape index (κ1) is 20.7. The molecule has 29 heavy (non-hydrogen) atoms. The van der Waals surface area contributed by atoms with Gasteiger partial charge in [0.05, 0.1) is 30.1 Å². The van der Waals surface area contributed by atoms with E-state index in [4.69, 9.17) is 32.7 Å². The highest BCUT2D eigenvalue weighted by molar-refractivity contribution is 6.36. The number of anilines is 1. The molecule has 0 aliphatic carbocycles. The largest absolute Gasteiger partial charge is 0.497 e. The summed E-state index contributed by atoms with van der Waals surface area (Å²) in [5.41, 5.74) is 2.11. The molecule has 150 valence electrons. The molecule has 3 rings (SSSR count). The topological polar surface area (TPSA) is 85.4 Å². The molecule has 0 spiro atoms. The van der Waals surface area contributed by atoms with Crippen molar-refractivity contribution < 1.29 is 14.3 Å². The van der Waals surface area contributed by atoms with Crippen LogP contribution >= 0.6 is 23.2 Å². The first-order valence-corrected chi connectivity index (χ1v) is 9.41. The molecule has 7 nitrogen and oxygen atoms in total. The van der Waals surface area contributed by atoms with Gasteiger partial charge in [0.25, 0.3) is 0 Å². The normalized spacial score (nSPS) is 10.3. The SMILES string of the molecule is COc1ccc(-c2ccc(OCCNC(=O)Nc3ccc(Cl)cc3Cl)nn2)cc1. The van der Waals surface area contributed by atoms with Gasteiger partial charge in [-0.05, 0) is 48.5 Å². The average Bonchev–Trinajstić information content (AvgIpc) is 2.74. The summed E-state index contributed by atoms with van der Waals surface area (Å²) < 4.78 is 10.6. The number of rotatable bonds is 7. The molecule has 0 saturated heterocycles. The van der Waals surface area contributed by atoms with Crippen molar-refractivity contribution in [2.24, 2.45) is 0 Å². The van der Waals surface area contributed by atoms with Gasteiger partial charge in [0.2, 0.25) is 5.88 Å². The summed E-state index contributed by atoms with van der Waals surface area (Å²) in [4.78, 5) is 11.9. The summed E-state index contributed by atoms with van der Waals surface area (Å²) in [6.45, 7) is 0.511. The first-order valence-electron chi connectivity index (χ1n) is 8.66. The molecule has 3 aromatic rings. The lowest BCUT2D eigenvalue weighted by atomic mass is 10.1. The first-order chi connectivity index (χ1) is 14.0. The molecule has 0 radical (unpaired) electrons. The average molecular weight is 433 g/mol. The van der Waals surface area contributed by atoms with Gasteiger partial charge < -0.3 is 20.1 Å². The standard InChI is InChI=1S/C20H18Cl2N4O3/c1-28-15-5-2-13(3-6-15)17-8-9-19(26-25-17)29-11-10-23-20(27)24-18-7-4-14(21)12-16(18)22/h2-9,12H,10-11H2,1H3,(H2,23,24,27). The fourth-order valence-electron chi connectivity index (χ4n) is 2.39. The third-order valence-electron chi connectivity index (χ3n) is 3.84. The highest BCUT2D eigenvalue weighted by Gasteiger charge is 2.06. The second-order valence-corrected chi connectivity index (χ2v) is 6.68. The molecule has 9 heteroatoms. The molecule has 0 saturated carbocycles. The van der Waals surface area contributed by atoms with Crippen molar-refractivity contribution in [2.45, 2.75) is 0 Å². The van der Waals surface area contributed by atoms with E-state index in [0.29, 0.717) is 21.6 Å². The molecule has 2 aromatic carbocycles. The molecule has 1 heterocycles.